The van der Waals surface area contributed by atoms with Gasteiger partial charge in [0.05, 0.1) is 0 Å². The van der Waals surface area contributed by atoms with E-state index in [1.807, 2.05) is 24.3 Å². The van der Waals surface area contributed by atoms with Crippen molar-refractivity contribution in [3.63, 3.8) is 0 Å². The number of fused-ring (bicyclic) bond motifs is 1. The van der Waals surface area contributed by atoms with E-state index in [1.165, 1.54) is 25.7 Å². The number of nitrogen functional groups attached to an aromatic ring is 1. The third-order valence-corrected chi connectivity index (χ3v) is 4.19. The fourth-order valence-electron chi connectivity index (χ4n) is 3.05. The number of benzene rings is 1. The first kappa shape index (κ1) is 13.9. The second-order valence-corrected chi connectivity index (χ2v) is 5.80. The van der Waals surface area contributed by atoms with Crippen LogP contribution in [0.25, 0.3) is 10.8 Å². The summed E-state index contributed by atoms with van der Waals surface area (Å²) in [5.41, 5.74) is 6.99. The maximum absolute atomic E-state index is 12.5. The van der Waals surface area contributed by atoms with E-state index < -0.39 is 0 Å². The second-order valence-electron chi connectivity index (χ2n) is 5.80. The molecule has 0 unspecified atom stereocenters. The predicted octanol–water partition coefficient (Wildman–Crippen LogP) is 3.27. The van der Waals surface area contributed by atoms with Crippen LogP contribution in [0.15, 0.2) is 30.5 Å². The molecule has 1 fully saturated rings. The molecule has 1 amide bonds. The Labute approximate surface area is 124 Å². The van der Waals surface area contributed by atoms with Crippen LogP contribution in [0.2, 0.25) is 0 Å². The highest BCUT2D eigenvalue weighted by Crippen LogP contribution is 2.21. The molecule has 4 nitrogen and oxygen atoms in total. The van der Waals surface area contributed by atoms with Gasteiger partial charge in [-0.1, -0.05) is 25.7 Å². The van der Waals surface area contributed by atoms with E-state index >= 15 is 0 Å². The van der Waals surface area contributed by atoms with Crippen LogP contribution in [0, 0.1) is 0 Å². The molecule has 0 atom stereocenters. The minimum Gasteiger partial charge on any atom is -0.399 e. The van der Waals surface area contributed by atoms with Crippen LogP contribution in [-0.4, -0.2) is 16.9 Å². The molecule has 110 valence electrons. The van der Waals surface area contributed by atoms with Gasteiger partial charge in [-0.05, 0) is 42.5 Å². The normalized spacial score (nSPS) is 16.6. The fourth-order valence-corrected chi connectivity index (χ4v) is 3.05. The van der Waals surface area contributed by atoms with Crippen molar-refractivity contribution < 1.29 is 4.79 Å². The first-order valence-corrected chi connectivity index (χ1v) is 7.69. The Kier molecular flexibility index (Phi) is 4.04. The summed E-state index contributed by atoms with van der Waals surface area (Å²) >= 11 is 0. The molecule has 1 aromatic heterocycles. The molecule has 0 radical (unpaired) electrons. The van der Waals surface area contributed by atoms with Crippen molar-refractivity contribution in [3.05, 3.63) is 36.2 Å². The lowest BCUT2D eigenvalue weighted by molar-refractivity contribution is 0.0930. The van der Waals surface area contributed by atoms with Gasteiger partial charge in [-0.15, -0.1) is 0 Å². The van der Waals surface area contributed by atoms with Gasteiger partial charge in [0.25, 0.3) is 5.91 Å². The molecule has 1 aromatic carbocycles. The molecule has 21 heavy (non-hydrogen) atoms. The van der Waals surface area contributed by atoms with Crippen molar-refractivity contribution in [1.82, 2.24) is 10.3 Å². The predicted molar refractivity (Wildman–Crippen MR) is 85.1 cm³/mol. The van der Waals surface area contributed by atoms with Crippen LogP contribution in [0.4, 0.5) is 5.69 Å². The summed E-state index contributed by atoms with van der Waals surface area (Å²) in [7, 11) is 0. The number of hydrogen-bond donors (Lipinski definition) is 2. The average Bonchev–Trinajstić information content (AvgIpc) is 2.75. The summed E-state index contributed by atoms with van der Waals surface area (Å²) in [5, 5.41) is 4.96. The third-order valence-electron chi connectivity index (χ3n) is 4.19. The van der Waals surface area contributed by atoms with Crippen molar-refractivity contribution in [3.8, 4) is 0 Å². The first-order chi connectivity index (χ1) is 10.2. The molecule has 0 bridgehead atoms. The van der Waals surface area contributed by atoms with Crippen molar-refractivity contribution in [2.75, 3.05) is 5.73 Å². The summed E-state index contributed by atoms with van der Waals surface area (Å²) in [4.78, 5) is 16.8. The second kappa shape index (κ2) is 6.12. The van der Waals surface area contributed by atoms with Gasteiger partial charge in [0.15, 0.2) is 0 Å². The van der Waals surface area contributed by atoms with Gasteiger partial charge < -0.3 is 11.1 Å². The average molecular weight is 283 g/mol. The maximum Gasteiger partial charge on any atom is 0.270 e. The topological polar surface area (TPSA) is 68.0 Å². The lowest BCUT2D eigenvalue weighted by Crippen LogP contribution is -2.35. The van der Waals surface area contributed by atoms with Crippen molar-refractivity contribution >= 4 is 22.4 Å². The maximum atomic E-state index is 12.5. The zero-order valence-corrected chi connectivity index (χ0v) is 12.1. The molecule has 0 saturated heterocycles. The Bertz CT molecular complexity index is 646. The zero-order chi connectivity index (χ0) is 14.7. The molecule has 1 heterocycles. The van der Waals surface area contributed by atoms with Crippen LogP contribution in [-0.2, 0) is 0 Å². The van der Waals surface area contributed by atoms with Crippen molar-refractivity contribution in [1.29, 1.82) is 0 Å². The Morgan fingerprint density at radius 3 is 2.67 bits per heavy atom. The number of hydrogen-bond acceptors (Lipinski definition) is 3. The van der Waals surface area contributed by atoms with Crippen LogP contribution in [0.1, 0.15) is 49.0 Å². The van der Waals surface area contributed by atoms with E-state index in [-0.39, 0.29) is 11.9 Å². The van der Waals surface area contributed by atoms with Gasteiger partial charge in [-0.25, -0.2) is 0 Å². The fraction of sp³-hybridized carbons (Fsp3) is 0.412. The van der Waals surface area contributed by atoms with Gasteiger partial charge in [-0.2, -0.15) is 0 Å². The summed E-state index contributed by atoms with van der Waals surface area (Å²) in [5.74, 6) is -0.0720. The number of rotatable bonds is 2. The minimum absolute atomic E-state index is 0.0720. The number of amides is 1. The summed E-state index contributed by atoms with van der Waals surface area (Å²) in [6.07, 6.45) is 8.77. The highest BCUT2D eigenvalue weighted by atomic mass is 16.1. The van der Waals surface area contributed by atoms with E-state index in [9.17, 15) is 4.79 Å². The number of carbonyl (C=O) groups is 1. The molecule has 1 aliphatic rings. The number of aromatic nitrogens is 1. The lowest BCUT2D eigenvalue weighted by Gasteiger charge is -2.16. The molecule has 0 aliphatic heterocycles. The van der Waals surface area contributed by atoms with Gasteiger partial charge in [0, 0.05) is 23.3 Å². The van der Waals surface area contributed by atoms with Crippen molar-refractivity contribution in [2.45, 2.75) is 44.6 Å². The van der Waals surface area contributed by atoms with Crippen LogP contribution in [0.5, 0.6) is 0 Å². The van der Waals surface area contributed by atoms with Crippen LogP contribution >= 0.6 is 0 Å². The molecule has 3 N–H and O–H groups in total. The Balaban J connectivity index is 1.84. The number of anilines is 1. The quantitative estimate of drug-likeness (QED) is 0.656. The Morgan fingerprint density at radius 1 is 1.14 bits per heavy atom. The van der Waals surface area contributed by atoms with Gasteiger partial charge in [0.1, 0.15) is 5.69 Å². The summed E-state index contributed by atoms with van der Waals surface area (Å²) < 4.78 is 0. The molecule has 1 saturated carbocycles. The molecular formula is C17H21N3O. The van der Waals surface area contributed by atoms with E-state index in [0.717, 1.165) is 23.6 Å². The van der Waals surface area contributed by atoms with Gasteiger partial charge in [0.2, 0.25) is 0 Å². The van der Waals surface area contributed by atoms with Crippen molar-refractivity contribution in [2.24, 2.45) is 0 Å². The zero-order valence-electron chi connectivity index (χ0n) is 12.1. The summed E-state index contributed by atoms with van der Waals surface area (Å²) in [6.45, 7) is 0. The monoisotopic (exact) mass is 283 g/mol. The van der Waals surface area contributed by atoms with Gasteiger partial charge in [-0.3, -0.25) is 9.78 Å². The van der Waals surface area contributed by atoms with E-state index in [0.29, 0.717) is 11.4 Å². The van der Waals surface area contributed by atoms with E-state index in [1.54, 1.807) is 6.20 Å². The minimum atomic E-state index is -0.0720. The Morgan fingerprint density at radius 2 is 1.90 bits per heavy atom. The molecule has 4 heteroatoms. The highest BCUT2D eigenvalue weighted by molar-refractivity contribution is 6.05. The Hall–Kier alpha value is -2.10. The third kappa shape index (κ3) is 3.15. The smallest absolute Gasteiger partial charge is 0.270 e. The molecule has 1 aliphatic carbocycles. The number of nitrogens with zero attached hydrogens (tertiary/aromatic N) is 1. The standard InChI is InChI=1S/C17H21N3O/c18-13-7-8-15-12(11-13)9-10-19-16(15)17(21)20-14-5-3-1-2-4-6-14/h7-11,14H,1-6,18H2,(H,20,21). The lowest BCUT2D eigenvalue weighted by atomic mass is 10.1. The first-order valence-electron chi connectivity index (χ1n) is 7.69. The summed E-state index contributed by atoms with van der Waals surface area (Å²) in [6, 6.07) is 7.73. The van der Waals surface area contributed by atoms with E-state index in [2.05, 4.69) is 10.3 Å². The number of pyridine rings is 1. The SMILES string of the molecule is Nc1ccc2c(C(=O)NC3CCCCCC3)nccc2c1. The molecule has 3 rings (SSSR count). The molecule has 0 spiro atoms. The molecule has 2 aromatic rings. The number of carbonyl (C=O) groups excluding carboxylic acids is 1. The number of nitrogens with two attached hydrogens (primary N) is 1. The van der Waals surface area contributed by atoms with E-state index in [4.69, 9.17) is 5.73 Å². The molecular weight excluding hydrogens is 262 g/mol. The van der Waals surface area contributed by atoms with Gasteiger partial charge >= 0.3 is 0 Å². The number of nitrogens with one attached hydrogen (secondary N) is 1. The largest absolute Gasteiger partial charge is 0.399 e. The van der Waals surface area contributed by atoms with Crippen LogP contribution in [0.3, 0.4) is 0 Å². The van der Waals surface area contributed by atoms with Crippen LogP contribution < -0.4 is 11.1 Å². The highest BCUT2D eigenvalue weighted by Gasteiger charge is 2.18.